The molecule has 0 aliphatic heterocycles. The van der Waals surface area contributed by atoms with Crippen LogP contribution in [0.15, 0.2) is 0 Å². The van der Waals surface area contributed by atoms with E-state index in [1.807, 2.05) is 0 Å². The molecule has 0 atom stereocenters. The molecular weight excluding hydrogens is 297 g/mol. The van der Waals surface area contributed by atoms with Gasteiger partial charge in [0.05, 0.1) is 0 Å². The number of nitrogens with one attached hydrogen (secondary N) is 1. The summed E-state index contributed by atoms with van der Waals surface area (Å²) in [5.41, 5.74) is 0. The van der Waals surface area contributed by atoms with E-state index in [9.17, 15) is 4.79 Å². The lowest BCUT2D eigenvalue weighted by Gasteiger charge is -2.33. The van der Waals surface area contributed by atoms with Crippen LogP contribution in [0, 0.1) is 0 Å². The molecule has 0 radical (unpaired) electrons. The molecule has 0 heterocycles. The minimum atomic E-state index is -1.84. The number of hydrogen-bond donors (Lipinski definition) is 1. The van der Waals surface area contributed by atoms with Gasteiger partial charge in [0.1, 0.15) is 0 Å². The quantitative estimate of drug-likeness (QED) is 0.537. The van der Waals surface area contributed by atoms with Gasteiger partial charge < -0.3 is 4.98 Å². The van der Waals surface area contributed by atoms with Gasteiger partial charge in [0.2, 0.25) is 0 Å². The Hall–Kier alpha value is 0.557. The van der Waals surface area contributed by atoms with Gasteiger partial charge in [-0.3, -0.25) is 4.79 Å². The molecule has 17 heavy (non-hydrogen) atoms. The van der Waals surface area contributed by atoms with Crippen molar-refractivity contribution in [1.82, 2.24) is 4.98 Å². The first-order chi connectivity index (χ1) is 7.81. The normalized spacial score (nSPS) is 12.6. The van der Waals surface area contributed by atoms with Crippen LogP contribution >= 0.6 is 34.8 Å². The molecule has 6 heteroatoms. The predicted molar refractivity (Wildman–Crippen MR) is 79.5 cm³/mol. The fraction of sp³-hybridized carbons (Fsp3) is 0.909. The van der Waals surface area contributed by atoms with Gasteiger partial charge in [-0.15, -0.1) is 0 Å². The van der Waals surface area contributed by atoms with Crippen LogP contribution in [-0.2, 0) is 4.79 Å². The molecule has 0 unspecified atom stereocenters. The molecule has 0 aromatic carbocycles. The zero-order chi connectivity index (χ0) is 13.5. The topological polar surface area (TPSA) is 29.1 Å². The Morgan fingerprint density at radius 1 is 1.00 bits per heavy atom. The molecule has 0 fully saturated rings. The second-order valence-corrected chi connectivity index (χ2v) is 11.1. The molecule has 0 saturated carbocycles. The summed E-state index contributed by atoms with van der Waals surface area (Å²) in [4.78, 5) is 14.9. The van der Waals surface area contributed by atoms with Crippen molar-refractivity contribution in [2.24, 2.45) is 0 Å². The van der Waals surface area contributed by atoms with E-state index < -0.39 is 17.9 Å². The van der Waals surface area contributed by atoms with Crippen molar-refractivity contribution in [2.45, 2.75) is 62.0 Å². The molecule has 0 aromatic heterocycles. The number of rotatable bonds is 7. The first-order valence-electron chi connectivity index (χ1n) is 6.20. The van der Waals surface area contributed by atoms with Crippen LogP contribution in [0.25, 0.3) is 0 Å². The lowest BCUT2D eigenvalue weighted by Crippen LogP contribution is -2.56. The third kappa shape index (κ3) is 6.32. The Balaban J connectivity index is 4.82. The zero-order valence-electron chi connectivity index (χ0n) is 10.8. The number of alkyl halides is 3. The van der Waals surface area contributed by atoms with Crippen LogP contribution < -0.4 is 4.98 Å². The summed E-state index contributed by atoms with van der Waals surface area (Å²) in [6, 6.07) is 3.17. The van der Waals surface area contributed by atoms with Crippen LogP contribution in [0.5, 0.6) is 0 Å². The summed E-state index contributed by atoms with van der Waals surface area (Å²) in [5, 5.41) is 0. The summed E-state index contributed by atoms with van der Waals surface area (Å²) >= 11 is 16.9. The van der Waals surface area contributed by atoms with Crippen LogP contribution in [0.3, 0.4) is 0 Å². The molecule has 0 bridgehead atoms. The monoisotopic (exact) mass is 317 g/mol. The fourth-order valence-corrected chi connectivity index (χ4v) is 7.35. The van der Waals surface area contributed by atoms with E-state index >= 15 is 0 Å². The molecule has 0 saturated heterocycles. The van der Waals surface area contributed by atoms with Gasteiger partial charge in [-0.05, 0) is 18.1 Å². The Kier molecular flexibility index (Phi) is 8.13. The van der Waals surface area contributed by atoms with Gasteiger partial charge in [0.25, 0.3) is 9.70 Å². The second-order valence-electron chi connectivity index (χ2n) is 4.48. The molecule has 0 aliphatic carbocycles. The van der Waals surface area contributed by atoms with Gasteiger partial charge in [-0.2, -0.15) is 0 Å². The molecule has 0 aliphatic rings. The van der Waals surface area contributed by atoms with E-state index in [2.05, 4.69) is 25.8 Å². The maximum atomic E-state index is 11.8. The highest BCUT2D eigenvalue weighted by molar-refractivity contribution is 6.83. The summed E-state index contributed by atoms with van der Waals surface area (Å²) in [7, 11) is -1.82. The first-order valence-corrected chi connectivity index (χ1v) is 9.96. The van der Waals surface area contributed by atoms with Crippen LogP contribution in [0.2, 0.25) is 18.1 Å². The lowest BCUT2D eigenvalue weighted by atomic mass is 10.5. The van der Waals surface area contributed by atoms with Gasteiger partial charge in [-0.1, -0.05) is 74.8 Å². The number of halogens is 3. The molecule has 102 valence electrons. The van der Waals surface area contributed by atoms with Crippen molar-refractivity contribution in [1.29, 1.82) is 0 Å². The molecule has 1 amide bonds. The number of amides is 1. The van der Waals surface area contributed by atoms with Crippen LogP contribution in [0.4, 0.5) is 0 Å². The second kappa shape index (κ2) is 7.88. The molecule has 2 nitrogen and oxygen atoms in total. The lowest BCUT2D eigenvalue weighted by molar-refractivity contribution is -0.118. The number of hydrogen-bond acceptors (Lipinski definition) is 1. The molecule has 1 N–H and O–H groups in total. The fourth-order valence-electron chi connectivity index (χ4n) is 2.31. The highest BCUT2D eigenvalue weighted by Gasteiger charge is 2.39. The van der Waals surface area contributed by atoms with Gasteiger partial charge in [0.15, 0.2) is 8.24 Å². The third-order valence-corrected chi connectivity index (χ3v) is 8.47. The third-order valence-electron chi connectivity index (χ3n) is 2.82. The maximum absolute atomic E-state index is 11.8. The van der Waals surface area contributed by atoms with Crippen molar-refractivity contribution in [3.05, 3.63) is 0 Å². The number of carbonyl (C=O) groups is 1. The van der Waals surface area contributed by atoms with Gasteiger partial charge in [-0.25, -0.2) is 0 Å². The van der Waals surface area contributed by atoms with Crippen LogP contribution in [0.1, 0.15) is 40.0 Å². The van der Waals surface area contributed by atoms with E-state index in [0.717, 1.165) is 37.4 Å². The van der Waals surface area contributed by atoms with Gasteiger partial charge >= 0.3 is 0 Å². The van der Waals surface area contributed by atoms with E-state index in [1.54, 1.807) is 0 Å². The number of carbonyl (C=O) groups excluding carboxylic acids is 1. The Bertz CT molecular complexity index is 226. The van der Waals surface area contributed by atoms with Crippen molar-refractivity contribution < 1.29 is 4.79 Å². The standard InChI is InChI=1S/C11H22Cl3NOSi/c1-4-7-17(8-5-2,9-6-3)15-10(16)11(12,13)14/h4-9H2,1-3H3,(H,15,16). The Labute approximate surface area is 120 Å². The van der Waals surface area contributed by atoms with Crippen molar-refractivity contribution in [3.63, 3.8) is 0 Å². The minimum Gasteiger partial charge on any atom is -0.378 e. The molecule has 0 spiro atoms. The van der Waals surface area contributed by atoms with Crippen molar-refractivity contribution in [3.8, 4) is 0 Å². The van der Waals surface area contributed by atoms with Gasteiger partial charge in [0, 0.05) is 0 Å². The highest BCUT2D eigenvalue weighted by atomic mass is 35.6. The average molecular weight is 319 g/mol. The Morgan fingerprint density at radius 2 is 1.35 bits per heavy atom. The molecule has 0 rings (SSSR count). The first kappa shape index (κ1) is 17.6. The maximum Gasteiger partial charge on any atom is 0.268 e. The summed E-state index contributed by atoms with van der Waals surface area (Å²) in [6.07, 6.45) is 3.19. The molecular formula is C11H22Cl3NOSi. The zero-order valence-corrected chi connectivity index (χ0v) is 14.1. The van der Waals surface area contributed by atoms with Crippen molar-refractivity contribution in [2.75, 3.05) is 0 Å². The van der Waals surface area contributed by atoms with E-state index in [-0.39, 0.29) is 0 Å². The minimum absolute atomic E-state index is 0.454. The smallest absolute Gasteiger partial charge is 0.268 e. The van der Waals surface area contributed by atoms with E-state index in [0.29, 0.717) is 0 Å². The molecule has 0 aromatic rings. The SMILES string of the molecule is CCC[Si](CCC)(CCC)NC(=O)C(Cl)(Cl)Cl. The summed E-state index contributed by atoms with van der Waals surface area (Å²) < 4.78 is -1.84. The highest BCUT2D eigenvalue weighted by Crippen LogP contribution is 2.29. The predicted octanol–water partition coefficient (Wildman–Crippen LogP) is 4.65. The van der Waals surface area contributed by atoms with Crippen LogP contribution in [-0.4, -0.2) is 17.9 Å². The largest absolute Gasteiger partial charge is 0.378 e. The summed E-state index contributed by atoms with van der Waals surface area (Å²) in [5.74, 6) is -0.454. The van der Waals surface area contributed by atoms with E-state index in [1.165, 1.54) is 0 Å². The van der Waals surface area contributed by atoms with Crippen molar-refractivity contribution >= 4 is 48.9 Å². The summed E-state index contributed by atoms with van der Waals surface area (Å²) in [6.45, 7) is 6.40. The Morgan fingerprint density at radius 3 is 1.59 bits per heavy atom. The average Bonchev–Trinajstić information content (AvgIpc) is 2.17. The van der Waals surface area contributed by atoms with E-state index in [4.69, 9.17) is 34.8 Å².